The zero-order valence-corrected chi connectivity index (χ0v) is 13.9. The Morgan fingerprint density at radius 3 is 2.74 bits per heavy atom. The van der Waals surface area contributed by atoms with Crippen molar-refractivity contribution in [2.45, 2.75) is 6.92 Å². The van der Waals surface area contributed by atoms with Gasteiger partial charge in [0, 0.05) is 45.7 Å². The third-order valence-electron chi connectivity index (χ3n) is 4.33. The van der Waals surface area contributed by atoms with Gasteiger partial charge in [-0.15, -0.1) is 0 Å². The minimum Gasteiger partial charge on any atom is -0.352 e. The Morgan fingerprint density at radius 1 is 1.30 bits per heavy atom. The molecule has 0 aromatic carbocycles. The molecule has 1 unspecified atom stereocenters. The lowest BCUT2D eigenvalue weighted by atomic mass is 10.1. The molecule has 8 heteroatoms. The Bertz CT molecular complexity index is 690. The van der Waals surface area contributed by atoms with Gasteiger partial charge >= 0.3 is 0 Å². The molecule has 8 nitrogen and oxygen atoms in total. The maximum Gasteiger partial charge on any atom is 0.226 e. The van der Waals surface area contributed by atoms with Crippen molar-refractivity contribution in [2.24, 2.45) is 13.0 Å². The lowest BCUT2D eigenvalue weighted by molar-refractivity contribution is -0.135. The van der Waals surface area contributed by atoms with Crippen molar-refractivity contribution in [1.82, 2.24) is 30.0 Å². The van der Waals surface area contributed by atoms with E-state index in [1.807, 2.05) is 25.9 Å². The van der Waals surface area contributed by atoms with Gasteiger partial charge in [-0.25, -0.2) is 9.97 Å². The number of aryl methyl sites for hydroxylation is 1. The third kappa shape index (κ3) is 2.98. The molecule has 1 aliphatic rings. The van der Waals surface area contributed by atoms with E-state index in [0.717, 1.165) is 43.0 Å². The molecule has 3 heterocycles. The van der Waals surface area contributed by atoms with E-state index in [2.05, 4.69) is 25.3 Å². The van der Waals surface area contributed by atoms with Crippen LogP contribution < -0.4 is 10.2 Å². The van der Waals surface area contributed by atoms with Crippen LogP contribution >= 0.6 is 0 Å². The van der Waals surface area contributed by atoms with E-state index >= 15 is 0 Å². The predicted molar refractivity (Wildman–Crippen MR) is 88.2 cm³/mol. The van der Waals surface area contributed by atoms with Crippen LogP contribution in [-0.2, 0) is 11.8 Å². The summed E-state index contributed by atoms with van der Waals surface area (Å²) < 4.78 is 1.75. The molecule has 1 amide bonds. The minimum absolute atomic E-state index is 0.00984. The number of hydrogen-bond donors (Lipinski definition) is 1. The van der Waals surface area contributed by atoms with Crippen LogP contribution in [0.25, 0.3) is 11.0 Å². The Balaban J connectivity index is 1.70. The number of carbonyl (C=O) groups excluding carboxylic acids is 1. The van der Waals surface area contributed by atoms with Crippen molar-refractivity contribution in [2.75, 3.05) is 44.7 Å². The Labute approximate surface area is 135 Å². The number of piperazine rings is 1. The zero-order valence-electron chi connectivity index (χ0n) is 13.9. The summed E-state index contributed by atoms with van der Waals surface area (Å²) in [6, 6.07) is 0. The quantitative estimate of drug-likeness (QED) is 0.846. The molecule has 1 aliphatic heterocycles. The number of anilines is 1. The van der Waals surface area contributed by atoms with Crippen LogP contribution in [0.15, 0.2) is 12.5 Å². The number of nitrogens with one attached hydrogen (secondary N) is 1. The number of fused-ring (bicyclic) bond motifs is 1. The first-order chi connectivity index (χ1) is 11.1. The summed E-state index contributed by atoms with van der Waals surface area (Å²) in [5, 5.41) is 8.27. The topological polar surface area (TPSA) is 79.2 Å². The van der Waals surface area contributed by atoms with E-state index in [1.54, 1.807) is 17.2 Å². The largest absolute Gasteiger partial charge is 0.352 e. The number of hydrogen-bond acceptors (Lipinski definition) is 6. The molecule has 2 aromatic heterocycles. The highest BCUT2D eigenvalue weighted by Crippen LogP contribution is 2.23. The van der Waals surface area contributed by atoms with Gasteiger partial charge in [0.2, 0.25) is 5.91 Å². The molecule has 1 atom stereocenters. The van der Waals surface area contributed by atoms with E-state index < -0.39 is 0 Å². The molecular formula is C15H23N7O. The molecule has 2 aromatic rings. The summed E-state index contributed by atoms with van der Waals surface area (Å²) >= 11 is 0. The molecule has 23 heavy (non-hydrogen) atoms. The first-order valence-electron chi connectivity index (χ1n) is 7.93. The predicted octanol–water partition coefficient (Wildman–Crippen LogP) is -0.133. The fourth-order valence-corrected chi connectivity index (χ4v) is 3.05. The number of aromatic nitrogens is 4. The van der Waals surface area contributed by atoms with Gasteiger partial charge in [0.15, 0.2) is 5.65 Å². The molecule has 0 radical (unpaired) electrons. The molecular weight excluding hydrogens is 294 g/mol. The second kappa shape index (κ2) is 6.49. The van der Waals surface area contributed by atoms with Crippen LogP contribution in [0, 0.1) is 5.92 Å². The smallest absolute Gasteiger partial charge is 0.226 e. The average Bonchev–Trinajstić information content (AvgIpc) is 2.96. The zero-order chi connectivity index (χ0) is 16.4. The third-order valence-corrected chi connectivity index (χ3v) is 4.33. The van der Waals surface area contributed by atoms with Crippen LogP contribution in [0.3, 0.4) is 0 Å². The maximum atomic E-state index is 12.4. The molecule has 1 saturated heterocycles. The van der Waals surface area contributed by atoms with Gasteiger partial charge < -0.3 is 15.1 Å². The Kier molecular flexibility index (Phi) is 4.42. The minimum atomic E-state index is 0.00984. The van der Waals surface area contributed by atoms with Gasteiger partial charge in [-0.05, 0) is 7.05 Å². The van der Waals surface area contributed by atoms with Gasteiger partial charge in [-0.1, -0.05) is 6.92 Å². The molecule has 3 rings (SSSR count). The van der Waals surface area contributed by atoms with Crippen molar-refractivity contribution in [3.05, 3.63) is 12.5 Å². The fourth-order valence-electron chi connectivity index (χ4n) is 3.05. The second-order valence-corrected chi connectivity index (χ2v) is 5.97. The first-order valence-corrected chi connectivity index (χ1v) is 7.93. The van der Waals surface area contributed by atoms with Crippen molar-refractivity contribution in [3.63, 3.8) is 0 Å². The van der Waals surface area contributed by atoms with Crippen LogP contribution in [0.2, 0.25) is 0 Å². The van der Waals surface area contributed by atoms with Gasteiger partial charge in [-0.3, -0.25) is 9.48 Å². The number of nitrogens with zero attached hydrogens (tertiary/aromatic N) is 6. The Hall–Kier alpha value is -2.22. The molecule has 1 fully saturated rings. The van der Waals surface area contributed by atoms with Crippen LogP contribution in [0.1, 0.15) is 6.92 Å². The lowest BCUT2D eigenvalue weighted by Gasteiger charge is -2.36. The fraction of sp³-hybridized carbons (Fsp3) is 0.600. The van der Waals surface area contributed by atoms with Crippen LogP contribution in [0.4, 0.5) is 5.82 Å². The van der Waals surface area contributed by atoms with Crippen molar-refractivity contribution in [3.8, 4) is 0 Å². The summed E-state index contributed by atoms with van der Waals surface area (Å²) in [6.45, 7) is 5.67. The van der Waals surface area contributed by atoms with E-state index in [-0.39, 0.29) is 11.8 Å². The van der Waals surface area contributed by atoms with E-state index in [9.17, 15) is 4.79 Å². The van der Waals surface area contributed by atoms with Gasteiger partial charge in [0.1, 0.15) is 12.1 Å². The van der Waals surface area contributed by atoms with Gasteiger partial charge in [0.05, 0.1) is 11.6 Å². The normalized spacial score (nSPS) is 16.8. The van der Waals surface area contributed by atoms with Crippen molar-refractivity contribution < 1.29 is 4.79 Å². The second-order valence-electron chi connectivity index (χ2n) is 5.97. The SMILES string of the molecule is CNCC(C)C(=O)N1CCN(c2ncnc3c2cnn3C)CC1. The van der Waals surface area contributed by atoms with E-state index in [0.29, 0.717) is 6.54 Å². The number of rotatable bonds is 4. The molecule has 124 valence electrons. The van der Waals surface area contributed by atoms with E-state index in [1.165, 1.54) is 0 Å². The number of carbonyl (C=O) groups is 1. The summed E-state index contributed by atoms with van der Waals surface area (Å²) in [7, 11) is 3.74. The molecule has 0 aliphatic carbocycles. The van der Waals surface area contributed by atoms with Crippen molar-refractivity contribution >= 4 is 22.8 Å². The standard InChI is InChI=1S/C15H23N7O/c1-11(8-16-2)15(23)22-6-4-21(5-7-22)14-12-9-19-20(3)13(12)17-10-18-14/h9-11,16H,4-8H2,1-3H3. The molecule has 0 spiro atoms. The molecule has 1 N–H and O–H groups in total. The van der Waals surface area contributed by atoms with Gasteiger partial charge in [0.25, 0.3) is 0 Å². The highest BCUT2D eigenvalue weighted by Gasteiger charge is 2.26. The number of amides is 1. The van der Waals surface area contributed by atoms with Gasteiger partial charge in [-0.2, -0.15) is 5.10 Å². The average molecular weight is 317 g/mol. The highest BCUT2D eigenvalue weighted by atomic mass is 16.2. The summed E-state index contributed by atoms with van der Waals surface area (Å²) in [5.41, 5.74) is 0.830. The maximum absolute atomic E-state index is 12.4. The molecule has 0 bridgehead atoms. The summed E-state index contributed by atoms with van der Waals surface area (Å²) in [5.74, 6) is 1.13. The summed E-state index contributed by atoms with van der Waals surface area (Å²) in [4.78, 5) is 25.2. The highest BCUT2D eigenvalue weighted by molar-refractivity contribution is 5.87. The summed E-state index contributed by atoms with van der Waals surface area (Å²) in [6.07, 6.45) is 3.38. The van der Waals surface area contributed by atoms with Crippen LogP contribution in [-0.4, -0.2) is 70.3 Å². The molecule has 0 saturated carbocycles. The van der Waals surface area contributed by atoms with Crippen molar-refractivity contribution in [1.29, 1.82) is 0 Å². The Morgan fingerprint density at radius 2 is 2.04 bits per heavy atom. The first kappa shape index (κ1) is 15.7. The lowest BCUT2D eigenvalue weighted by Crippen LogP contribution is -2.51. The van der Waals surface area contributed by atoms with Crippen LogP contribution in [0.5, 0.6) is 0 Å². The monoisotopic (exact) mass is 317 g/mol. The van der Waals surface area contributed by atoms with E-state index in [4.69, 9.17) is 0 Å².